The molecule has 1 heterocycles. The van der Waals surface area contributed by atoms with E-state index in [4.69, 9.17) is 17.3 Å². The Morgan fingerprint density at radius 2 is 2.23 bits per heavy atom. The first kappa shape index (κ1) is 8.38. The fourth-order valence-electron chi connectivity index (χ4n) is 1.34. The number of hydrogen-bond donors (Lipinski definition) is 1. The van der Waals surface area contributed by atoms with Crippen molar-refractivity contribution in [3.05, 3.63) is 23.2 Å². The third-order valence-corrected chi connectivity index (χ3v) is 2.37. The van der Waals surface area contributed by atoms with E-state index in [1.54, 1.807) is 23.1 Å². The highest BCUT2D eigenvalue weighted by molar-refractivity contribution is 6.31. The average molecular weight is 197 g/mol. The van der Waals surface area contributed by atoms with Crippen LogP contribution in [0.15, 0.2) is 18.2 Å². The van der Waals surface area contributed by atoms with Gasteiger partial charge < -0.3 is 10.6 Å². The molecule has 1 saturated heterocycles. The van der Waals surface area contributed by atoms with Gasteiger partial charge in [0.25, 0.3) is 0 Å². The monoisotopic (exact) mass is 196 g/mol. The van der Waals surface area contributed by atoms with Gasteiger partial charge in [-0.3, -0.25) is 4.79 Å². The minimum atomic E-state index is 0.119. The summed E-state index contributed by atoms with van der Waals surface area (Å²) in [6.07, 6.45) is 0.613. The second-order valence-electron chi connectivity index (χ2n) is 3.00. The van der Waals surface area contributed by atoms with Crippen LogP contribution in [0.1, 0.15) is 6.42 Å². The Balaban J connectivity index is 2.35. The summed E-state index contributed by atoms with van der Waals surface area (Å²) in [4.78, 5) is 12.8. The van der Waals surface area contributed by atoms with Gasteiger partial charge in [0, 0.05) is 18.0 Å². The van der Waals surface area contributed by atoms with E-state index in [1.165, 1.54) is 0 Å². The van der Waals surface area contributed by atoms with Crippen molar-refractivity contribution < 1.29 is 4.79 Å². The van der Waals surface area contributed by atoms with Gasteiger partial charge in [0.2, 0.25) is 5.91 Å². The third-order valence-electron chi connectivity index (χ3n) is 2.13. The second kappa shape index (κ2) is 2.92. The van der Waals surface area contributed by atoms with Gasteiger partial charge in [-0.05, 0) is 18.2 Å². The molecular weight excluding hydrogens is 188 g/mol. The summed E-state index contributed by atoms with van der Waals surface area (Å²) in [6, 6.07) is 5.16. The SMILES string of the molecule is Nc1cc(Cl)ccc1N1CCC1=O. The van der Waals surface area contributed by atoms with Crippen LogP contribution in [0.2, 0.25) is 5.02 Å². The highest BCUT2D eigenvalue weighted by Gasteiger charge is 2.26. The van der Waals surface area contributed by atoms with E-state index >= 15 is 0 Å². The standard InChI is InChI=1S/C9H9ClN2O/c10-6-1-2-8(7(11)5-6)12-4-3-9(12)13/h1-2,5H,3-4,11H2. The van der Waals surface area contributed by atoms with E-state index < -0.39 is 0 Å². The lowest BCUT2D eigenvalue weighted by molar-refractivity contribution is -0.122. The van der Waals surface area contributed by atoms with E-state index in [2.05, 4.69) is 0 Å². The Labute approximate surface area is 81.1 Å². The molecule has 0 radical (unpaired) electrons. The number of nitrogens with two attached hydrogens (primary N) is 1. The molecule has 3 nitrogen and oxygen atoms in total. The van der Waals surface area contributed by atoms with E-state index in [9.17, 15) is 4.79 Å². The van der Waals surface area contributed by atoms with E-state index in [0.29, 0.717) is 17.1 Å². The summed E-state index contributed by atoms with van der Waals surface area (Å²) in [7, 11) is 0. The van der Waals surface area contributed by atoms with Gasteiger partial charge in [-0.25, -0.2) is 0 Å². The van der Waals surface area contributed by atoms with E-state index in [-0.39, 0.29) is 5.91 Å². The Hall–Kier alpha value is -1.22. The van der Waals surface area contributed by atoms with Crippen LogP contribution in [0.5, 0.6) is 0 Å². The zero-order valence-electron chi connectivity index (χ0n) is 6.96. The van der Waals surface area contributed by atoms with Crippen molar-refractivity contribution in [1.82, 2.24) is 0 Å². The van der Waals surface area contributed by atoms with Gasteiger partial charge in [-0.1, -0.05) is 11.6 Å². The number of carbonyl (C=O) groups is 1. The Morgan fingerprint density at radius 3 is 2.69 bits per heavy atom. The Bertz CT molecular complexity index is 365. The summed E-state index contributed by atoms with van der Waals surface area (Å²) in [5, 5.41) is 0.592. The largest absolute Gasteiger partial charge is 0.397 e. The molecule has 68 valence electrons. The molecule has 13 heavy (non-hydrogen) atoms. The lowest BCUT2D eigenvalue weighted by Crippen LogP contribution is -2.43. The summed E-state index contributed by atoms with van der Waals surface area (Å²) < 4.78 is 0. The van der Waals surface area contributed by atoms with Crippen LogP contribution in [-0.4, -0.2) is 12.5 Å². The molecule has 1 amide bonds. The topological polar surface area (TPSA) is 46.3 Å². The number of halogens is 1. The van der Waals surface area contributed by atoms with Crippen LogP contribution in [0.3, 0.4) is 0 Å². The number of benzene rings is 1. The van der Waals surface area contributed by atoms with Gasteiger partial charge in [0.1, 0.15) is 0 Å². The molecule has 0 unspecified atom stereocenters. The predicted octanol–water partition coefficient (Wildman–Crippen LogP) is 1.66. The number of carbonyl (C=O) groups excluding carboxylic acids is 1. The van der Waals surface area contributed by atoms with Crippen LogP contribution in [0, 0.1) is 0 Å². The normalized spacial score (nSPS) is 15.8. The number of rotatable bonds is 1. The number of amides is 1. The molecule has 4 heteroatoms. The highest BCUT2D eigenvalue weighted by Crippen LogP contribution is 2.29. The zero-order valence-corrected chi connectivity index (χ0v) is 7.71. The molecule has 0 atom stereocenters. The minimum Gasteiger partial charge on any atom is -0.397 e. The molecule has 1 aliphatic rings. The molecule has 2 N–H and O–H groups in total. The summed E-state index contributed by atoms with van der Waals surface area (Å²) in [6.45, 7) is 0.755. The first-order valence-electron chi connectivity index (χ1n) is 4.04. The molecule has 1 fully saturated rings. The maximum absolute atomic E-state index is 11.1. The van der Waals surface area contributed by atoms with Crippen LogP contribution in [-0.2, 0) is 4.79 Å². The van der Waals surface area contributed by atoms with Crippen molar-refractivity contribution in [2.45, 2.75) is 6.42 Å². The third kappa shape index (κ3) is 1.35. The predicted molar refractivity (Wildman–Crippen MR) is 52.8 cm³/mol. The molecule has 1 aromatic rings. The smallest absolute Gasteiger partial charge is 0.228 e. The van der Waals surface area contributed by atoms with Crippen molar-refractivity contribution in [3.8, 4) is 0 Å². The summed E-state index contributed by atoms with van der Waals surface area (Å²) >= 11 is 5.74. The lowest BCUT2D eigenvalue weighted by atomic mass is 10.1. The van der Waals surface area contributed by atoms with Gasteiger partial charge in [0.05, 0.1) is 11.4 Å². The van der Waals surface area contributed by atoms with E-state index in [1.807, 2.05) is 0 Å². The quantitative estimate of drug-likeness (QED) is 0.549. The van der Waals surface area contributed by atoms with Crippen molar-refractivity contribution in [2.75, 3.05) is 17.2 Å². The van der Waals surface area contributed by atoms with Crippen molar-refractivity contribution >= 4 is 28.9 Å². The molecular formula is C9H9ClN2O. The molecule has 1 aliphatic heterocycles. The van der Waals surface area contributed by atoms with Crippen molar-refractivity contribution in [1.29, 1.82) is 0 Å². The number of nitrogens with zero attached hydrogens (tertiary/aromatic N) is 1. The molecule has 0 bridgehead atoms. The Kier molecular flexibility index (Phi) is 1.88. The van der Waals surface area contributed by atoms with Gasteiger partial charge >= 0.3 is 0 Å². The van der Waals surface area contributed by atoms with Gasteiger partial charge in [-0.15, -0.1) is 0 Å². The van der Waals surface area contributed by atoms with Crippen LogP contribution in [0.4, 0.5) is 11.4 Å². The molecule has 0 aliphatic carbocycles. The summed E-state index contributed by atoms with van der Waals surface area (Å²) in [5.41, 5.74) is 7.04. The molecule has 0 saturated carbocycles. The lowest BCUT2D eigenvalue weighted by Gasteiger charge is -2.31. The fourth-order valence-corrected chi connectivity index (χ4v) is 1.52. The van der Waals surface area contributed by atoms with Crippen LogP contribution < -0.4 is 10.6 Å². The first-order valence-corrected chi connectivity index (χ1v) is 4.41. The highest BCUT2D eigenvalue weighted by atomic mass is 35.5. The maximum Gasteiger partial charge on any atom is 0.228 e. The average Bonchev–Trinajstić information content (AvgIpc) is 2.07. The number of hydrogen-bond acceptors (Lipinski definition) is 2. The fraction of sp³-hybridized carbons (Fsp3) is 0.222. The minimum absolute atomic E-state index is 0.119. The Morgan fingerprint density at radius 1 is 1.46 bits per heavy atom. The number of nitrogen functional groups attached to an aromatic ring is 1. The van der Waals surface area contributed by atoms with E-state index in [0.717, 1.165) is 12.2 Å². The molecule has 2 rings (SSSR count). The number of anilines is 2. The molecule has 0 spiro atoms. The zero-order chi connectivity index (χ0) is 9.42. The molecule has 1 aromatic carbocycles. The first-order chi connectivity index (χ1) is 6.18. The van der Waals surface area contributed by atoms with Gasteiger partial charge in [-0.2, -0.15) is 0 Å². The van der Waals surface area contributed by atoms with Crippen molar-refractivity contribution in [3.63, 3.8) is 0 Å². The van der Waals surface area contributed by atoms with Crippen LogP contribution >= 0.6 is 11.6 Å². The summed E-state index contributed by atoms with van der Waals surface area (Å²) in [5.74, 6) is 0.119. The number of β-lactam (4-membered cyclic amide) rings is 1. The van der Waals surface area contributed by atoms with Gasteiger partial charge in [0.15, 0.2) is 0 Å². The van der Waals surface area contributed by atoms with Crippen molar-refractivity contribution in [2.24, 2.45) is 0 Å². The van der Waals surface area contributed by atoms with Crippen LogP contribution in [0.25, 0.3) is 0 Å². The second-order valence-corrected chi connectivity index (χ2v) is 3.43. The maximum atomic E-state index is 11.1. The molecule has 0 aromatic heterocycles.